The summed E-state index contributed by atoms with van der Waals surface area (Å²) in [6.45, 7) is 0. The van der Waals surface area contributed by atoms with Gasteiger partial charge in [0.25, 0.3) is 0 Å². The predicted molar refractivity (Wildman–Crippen MR) is 66.1 cm³/mol. The van der Waals surface area contributed by atoms with Gasteiger partial charge in [-0.05, 0) is 24.8 Å². The number of benzene rings is 1. The summed E-state index contributed by atoms with van der Waals surface area (Å²) in [6, 6.07) is 10.5. The number of hydrogen-bond donors (Lipinski definition) is 1. The number of rotatable bonds is 4. The standard InChI is InChI=1S/C13H16OS/c14-12-7-4-8-13(12)15-10-9-11-5-2-1-3-6-11/h1-3,5-6,14H,4,7-10H2. The second-order valence-electron chi connectivity index (χ2n) is 3.81. The van der Waals surface area contributed by atoms with Crippen molar-refractivity contribution in [2.75, 3.05) is 5.75 Å². The van der Waals surface area contributed by atoms with Crippen molar-refractivity contribution in [3.05, 3.63) is 46.6 Å². The van der Waals surface area contributed by atoms with Gasteiger partial charge in [0, 0.05) is 17.1 Å². The molecule has 0 unspecified atom stereocenters. The third-order valence-electron chi connectivity index (χ3n) is 2.65. The minimum Gasteiger partial charge on any atom is -0.511 e. The molecule has 0 aromatic heterocycles. The zero-order valence-corrected chi connectivity index (χ0v) is 9.59. The first-order chi connectivity index (χ1) is 7.36. The van der Waals surface area contributed by atoms with Gasteiger partial charge in [0.1, 0.15) is 5.76 Å². The maximum absolute atomic E-state index is 9.54. The first-order valence-electron chi connectivity index (χ1n) is 5.44. The number of aryl methyl sites for hydroxylation is 1. The Morgan fingerprint density at radius 2 is 1.93 bits per heavy atom. The molecule has 0 radical (unpaired) electrons. The van der Waals surface area contributed by atoms with E-state index in [4.69, 9.17) is 0 Å². The molecule has 0 bridgehead atoms. The lowest BCUT2D eigenvalue weighted by atomic mass is 10.2. The second-order valence-corrected chi connectivity index (χ2v) is 5.00. The van der Waals surface area contributed by atoms with Crippen LogP contribution in [0.15, 0.2) is 41.0 Å². The Labute approximate surface area is 95.2 Å². The van der Waals surface area contributed by atoms with E-state index in [1.54, 1.807) is 0 Å². The van der Waals surface area contributed by atoms with Crippen LogP contribution >= 0.6 is 11.8 Å². The maximum atomic E-state index is 9.54. The molecule has 0 heterocycles. The lowest BCUT2D eigenvalue weighted by Gasteiger charge is -2.03. The lowest BCUT2D eigenvalue weighted by molar-refractivity contribution is 0.396. The summed E-state index contributed by atoms with van der Waals surface area (Å²) >= 11 is 1.82. The molecule has 80 valence electrons. The molecule has 2 rings (SSSR count). The molecular weight excluding hydrogens is 204 g/mol. The fraction of sp³-hybridized carbons (Fsp3) is 0.385. The van der Waals surface area contributed by atoms with Crippen molar-refractivity contribution in [2.24, 2.45) is 0 Å². The maximum Gasteiger partial charge on any atom is 0.102 e. The summed E-state index contributed by atoms with van der Waals surface area (Å²) in [5.74, 6) is 1.71. The van der Waals surface area contributed by atoms with E-state index in [1.807, 2.05) is 17.8 Å². The molecule has 0 amide bonds. The van der Waals surface area contributed by atoms with E-state index in [0.717, 1.165) is 31.4 Å². The Morgan fingerprint density at radius 3 is 2.60 bits per heavy atom. The monoisotopic (exact) mass is 220 g/mol. The number of thioether (sulfide) groups is 1. The van der Waals surface area contributed by atoms with E-state index >= 15 is 0 Å². The highest BCUT2D eigenvalue weighted by Gasteiger charge is 2.13. The van der Waals surface area contributed by atoms with E-state index in [-0.39, 0.29) is 0 Å². The van der Waals surface area contributed by atoms with Crippen LogP contribution in [0.5, 0.6) is 0 Å². The van der Waals surface area contributed by atoms with E-state index in [9.17, 15) is 5.11 Å². The fourth-order valence-electron chi connectivity index (χ4n) is 1.79. The molecule has 2 heteroatoms. The van der Waals surface area contributed by atoms with Crippen LogP contribution in [0, 0.1) is 0 Å². The summed E-state index contributed by atoms with van der Waals surface area (Å²) in [7, 11) is 0. The second kappa shape index (κ2) is 5.26. The van der Waals surface area contributed by atoms with Crippen LogP contribution in [0.2, 0.25) is 0 Å². The Kier molecular flexibility index (Phi) is 3.73. The minimum absolute atomic E-state index is 0.632. The molecule has 0 spiro atoms. The number of aliphatic hydroxyl groups excluding tert-OH is 1. The average Bonchev–Trinajstić information content (AvgIpc) is 2.66. The van der Waals surface area contributed by atoms with Crippen molar-refractivity contribution >= 4 is 11.8 Å². The van der Waals surface area contributed by atoms with E-state index < -0.39 is 0 Å². The van der Waals surface area contributed by atoms with E-state index in [1.165, 1.54) is 10.5 Å². The highest BCUT2D eigenvalue weighted by molar-refractivity contribution is 8.03. The quantitative estimate of drug-likeness (QED) is 0.830. The molecule has 0 fully saturated rings. The van der Waals surface area contributed by atoms with Crippen LogP contribution < -0.4 is 0 Å². The Hall–Kier alpha value is -0.890. The molecule has 0 saturated heterocycles. The van der Waals surface area contributed by atoms with Crippen LogP contribution in [0.4, 0.5) is 0 Å². The van der Waals surface area contributed by atoms with Gasteiger partial charge in [0.05, 0.1) is 0 Å². The summed E-state index contributed by atoms with van der Waals surface area (Å²) in [5.41, 5.74) is 1.38. The Balaban J connectivity index is 1.78. The fourth-order valence-corrected chi connectivity index (χ4v) is 2.93. The lowest BCUT2D eigenvalue weighted by Crippen LogP contribution is -1.88. The van der Waals surface area contributed by atoms with E-state index in [0.29, 0.717) is 5.76 Å². The molecule has 1 nitrogen and oxygen atoms in total. The van der Waals surface area contributed by atoms with Crippen molar-refractivity contribution in [2.45, 2.75) is 25.7 Å². The molecule has 1 N–H and O–H groups in total. The summed E-state index contributed by atoms with van der Waals surface area (Å²) in [6.07, 6.45) is 4.17. The molecule has 1 aliphatic carbocycles. The van der Waals surface area contributed by atoms with Crippen molar-refractivity contribution in [3.8, 4) is 0 Å². The van der Waals surface area contributed by atoms with Crippen LogP contribution in [-0.2, 0) is 6.42 Å². The van der Waals surface area contributed by atoms with Crippen LogP contribution in [0.25, 0.3) is 0 Å². The van der Waals surface area contributed by atoms with Crippen molar-refractivity contribution in [1.29, 1.82) is 0 Å². The number of aliphatic hydroxyl groups is 1. The predicted octanol–water partition coefficient (Wildman–Crippen LogP) is 3.92. The van der Waals surface area contributed by atoms with Crippen molar-refractivity contribution in [1.82, 2.24) is 0 Å². The number of allylic oxidation sites excluding steroid dienone is 2. The van der Waals surface area contributed by atoms with E-state index in [2.05, 4.69) is 24.3 Å². The summed E-state index contributed by atoms with van der Waals surface area (Å²) in [5, 5.41) is 9.54. The number of hydrogen-bond acceptors (Lipinski definition) is 2. The smallest absolute Gasteiger partial charge is 0.102 e. The summed E-state index contributed by atoms with van der Waals surface area (Å²) in [4.78, 5) is 1.21. The Morgan fingerprint density at radius 1 is 1.13 bits per heavy atom. The van der Waals surface area contributed by atoms with Crippen molar-refractivity contribution in [3.63, 3.8) is 0 Å². The minimum atomic E-state index is 0.632. The van der Waals surface area contributed by atoms with Gasteiger partial charge in [-0.25, -0.2) is 0 Å². The molecule has 15 heavy (non-hydrogen) atoms. The Bertz CT molecular complexity index is 343. The molecule has 0 aliphatic heterocycles. The van der Waals surface area contributed by atoms with Crippen molar-refractivity contribution < 1.29 is 5.11 Å². The third kappa shape index (κ3) is 3.03. The SMILES string of the molecule is OC1=C(SCCc2ccccc2)CCC1. The zero-order valence-electron chi connectivity index (χ0n) is 8.78. The largest absolute Gasteiger partial charge is 0.511 e. The average molecular weight is 220 g/mol. The van der Waals surface area contributed by atoms with Gasteiger partial charge in [-0.1, -0.05) is 30.3 Å². The van der Waals surface area contributed by atoms with Crippen LogP contribution in [-0.4, -0.2) is 10.9 Å². The molecule has 0 saturated carbocycles. The molecule has 1 aromatic carbocycles. The molecule has 0 atom stereocenters. The first-order valence-corrected chi connectivity index (χ1v) is 6.42. The van der Waals surface area contributed by atoms with Crippen LogP contribution in [0.3, 0.4) is 0 Å². The van der Waals surface area contributed by atoms with Gasteiger partial charge in [-0.3, -0.25) is 0 Å². The van der Waals surface area contributed by atoms with Gasteiger partial charge in [0.15, 0.2) is 0 Å². The van der Waals surface area contributed by atoms with Gasteiger partial charge in [-0.2, -0.15) is 0 Å². The van der Waals surface area contributed by atoms with Gasteiger partial charge >= 0.3 is 0 Å². The highest BCUT2D eigenvalue weighted by Crippen LogP contribution is 2.32. The van der Waals surface area contributed by atoms with Gasteiger partial charge in [0.2, 0.25) is 0 Å². The topological polar surface area (TPSA) is 20.2 Å². The zero-order chi connectivity index (χ0) is 10.5. The van der Waals surface area contributed by atoms with Gasteiger partial charge in [-0.15, -0.1) is 11.8 Å². The molecule has 1 aliphatic rings. The molecular formula is C13H16OS. The van der Waals surface area contributed by atoms with Crippen LogP contribution in [0.1, 0.15) is 24.8 Å². The van der Waals surface area contributed by atoms with Gasteiger partial charge < -0.3 is 5.11 Å². The molecule has 1 aromatic rings. The summed E-state index contributed by atoms with van der Waals surface area (Å²) < 4.78 is 0. The third-order valence-corrected chi connectivity index (χ3v) is 3.85. The first kappa shape index (κ1) is 10.6. The normalized spacial score (nSPS) is 16.0. The highest BCUT2D eigenvalue weighted by atomic mass is 32.2.